The van der Waals surface area contributed by atoms with E-state index in [0.29, 0.717) is 12.2 Å². The maximum atomic E-state index is 10.9. The number of carbonyl (C=O) groups is 1. The molecule has 0 spiro atoms. The highest BCUT2D eigenvalue weighted by Crippen LogP contribution is 2.10. The van der Waals surface area contributed by atoms with Gasteiger partial charge in [0.2, 0.25) is 0 Å². The van der Waals surface area contributed by atoms with Crippen molar-refractivity contribution in [1.82, 2.24) is 25.1 Å². The van der Waals surface area contributed by atoms with Gasteiger partial charge in [-0.3, -0.25) is 0 Å². The number of nitrogens with zero attached hydrogens (tertiary/aromatic N) is 5. The van der Waals surface area contributed by atoms with Crippen LogP contribution in [0.25, 0.3) is 0 Å². The van der Waals surface area contributed by atoms with E-state index >= 15 is 0 Å². The molecule has 2 heterocycles. The second kappa shape index (κ2) is 5.22. The number of hydrogen-bond donors (Lipinski definition) is 1. The van der Waals surface area contributed by atoms with E-state index in [1.165, 1.54) is 17.5 Å². The molecular weight excluding hydrogens is 222 g/mol. The van der Waals surface area contributed by atoms with Crippen LogP contribution in [0.5, 0.6) is 0 Å². The molecular formula is C10H17N5O2. The maximum absolute atomic E-state index is 10.9. The van der Waals surface area contributed by atoms with Crippen LogP contribution in [0, 0.1) is 0 Å². The molecule has 0 aliphatic carbocycles. The van der Waals surface area contributed by atoms with Crippen molar-refractivity contribution >= 4 is 5.97 Å². The Balaban J connectivity index is 1.96. The molecule has 17 heavy (non-hydrogen) atoms. The highest BCUT2D eigenvalue weighted by molar-refractivity contribution is 5.71. The monoisotopic (exact) mass is 239 g/mol. The molecule has 1 atom stereocenters. The molecule has 1 saturated heterocycles. The summed E-state index contributed by atoms with van der Waals surface area (Å²) in [4.78, 5) is 13.2. The highest BCUT2D eigenvalue weighted by atomic mass is 16.4. The van der Waals surface area contributed by atoms with Crippen LogP contribution in [0.15, 0.2) is 0 Å². The van der Waals surface area contributed by atoms with Crippen molar-refractivity contribution in [2.45, 2.75) is 32.2 Å². The summed E-state index contributed by atoms with van der Waals surface area (Å²) in [7, 11) is 0. The Bertz CT molecular complexity index is 386. The largest absolute Gasteiger partial charge is 0.480 e. The van der Waals surface area contributed by atoms with Gasteiger partial charge in [-0.2, -0.15) is 0 Å². The van der Waals surface area contributed by atoms with Crippen LogP contribution in [0.2, 0.25) is 0 Å². The lowest BCUT2D eigenvalue weighted by Gasteiger charge is -2.14. The number of aliphatic carboxylic acids is 1. The Morgan fingerprint density at radius 2 is 2.18 bits per heavy atom. The van der Waals surface area contributed by atoms with E-state index in [-0.39, 0.29) is 0 Å². The van der Waals surface area contributed by atoms with Gasteiger partial charge in [0.1, 0.15) is 6.04 Å². The zero-order valence-electron chi connectivity index (χ0n) is 9.91. The molecule has 1 aliphatic heterocycles. The van der Waals surface area contributed by atoms with Crippen LogP contribution in [0.3, 0.4) is 0 Å². The van der Waals surface area contributed by atoms with E-state index in [9.17, 15) is 4.79 Å². The summed E-state index contributed by atoms with van der Waals surface area (Å²) in [5.74, 6) is -0.272. The molecule has 94 valence electrons. The number of tetrazole rings is 1. The molecule has 0 bridgehead atoms. The van der Waals surface area contributed by atoms with Gasteiger partial charge in [-0.25, -0.2) is 9.48 Å². The molecule has 1 aromatic heterocycles. The van der Waals surface area contributed by atoms with E-state index in [1.807, 2.05) is 0 Å². The van der Waals surface area contributed by atoms with Gasteiger partial charge in [0.25, 0.3) is 0 Å². The summed E-state index contributed by atoms with van der Waals surface area (Å²) < 4.78 is 1.39. The van der Waals surface area contributed by atoms with Gasteiger partial charge in [0.15, 0.2) is 5.82 Å². The van der Waals surface area contributed by atoms with Crippen LogP contribution < -0.4 is 0 Å². The fourth-order valence-corrected chi connectivity index (χ4v) is 2.05. The molecule has 0 amide bonds. The van der Waals surface area contributed by atoms with E-state index in [2.05, 4.69) is 20.4 Å². The van der Waals surface area contributed by atoms with Crippen LogP contribution in [0.1, 0.15) is 31.6 Å². The molecule has 1 aliphatic rings. The number of hydrogen-bond acceptors (Lipinski definition) is 5. The fourth-order valence-electron chi connectivity index (χ4n) is 2.05. The first-order chi connectivity index (χ1) is 8.18. The molecule has 0 aromatic carbocycles. The molecule has 1 aromatic rings. The predicted molar refractivity (Wildman–Crippen MR) is 59.5 cm³/mol. The van der Waals surface area contributed by atoms with Gasteiger partial charge in [0.05, 0.1) is 0 Å². The van der Waals surface area contributed by atoms with Crippen molar-refractivity contribution in [3.05, 3.63) is 5.82 Å². The first-order valence-corrected chi connectivity index (χ1v) is 5.90. The number of aromatic nitrogens is 4. The Labute approximate surface area is 99.4 Å². The molecule has 1 unspecified atom stereocenters. The van der Waals surface area contributed by atoms with Crippen molar-refractivity contribution in [3.63, 3.8) is 0 Å². The molecule has 2 rings (SSSR count). The number of carboxylic acids is 1. The number of carboxylic acid groups (broad SMARTS) is 1. The Morgan fingerprint density at radius 3 is 2.82 bits per heavy atom. The van der Waals surface area contributed by atoms with Crippen LogP contribution in [-0.4, -0.2) is 55.8 Å². The van der Waals surface area contributed by atoms with Gasteiger partial charge in [-0.05, 0) is 43.3 Å². The maximum Gasteiger partial charge on any atom is 0.328 e. The first kappa shape index (κ1) is 12.0. The normalized spacial score (nSPS) is 18.4. The van der Waals surface area contributed by atoms with Gasteiger partial charge in [-0.15, -0.1) is 5.10 Å². The summed E-state index contributed by atoms with van der Waals surface area (Å²) in [5, 5.41) is 20.1. The second-order valence-electron chi connectivity index (χ2n) is 4.35. The van der Waals surface area contributed by atoms with Crippen molar-refractivity contribution in [1.29, 1.82) is 0 Å². The average molecular weight is 239 g/mol. The fraction of sp³-hybridized carbons (Fsp3) is 0.800. The summed E-state index contributed by atoms with van der Waals surface area (Å²) in [6.07, 6.45) is 3.19. The van der Waals surface area contributed by atoms with Crippen LogP contribution in [0.4, 0.5) is 0 Å². The minimum Gasteiger partial charge on any atom is -0.480 e. The summed E-state index contributed by atoms with van der Waals surface area (Å²) >= 11 is 0. The minimum atomic E-state index is -0.917. The van der Waals surface area contributed by atoms with Gasteiger partial charge in [0, 0.05) is 13.0 Å². The quantitative estimate of drug-likeness (QED) is 0.776. The third kappa shape index (κ3) is 2.79. The van der Waals surface area contributed by atoms with Crippen LogP contribution in [-0.2, 0) is 11.2 Å². The van der Waals surface area contributed by atoms with E-state index < -0.39 is 12.0 Å². The number of rotatable bonds is 5. The molecule has 7 heteroatoms. The van der Waals surface area contributed by atoms with Crippen molar-refractivity contribution in [3.8, 4) is 0 Å². The topological polar surface area (TPSA) is 84.1 Å². The average Bonchev–Trinajstić information content (AvgIpc) is 2.96. The van der Waals surface area contributed by atoms with Crippen molar-refractivity contribution in [2.24, 2.45) is 0 Å². The lowest BCUT2D eigenvalue weighted by molar-refractivity contribution is -0.140. The Kier molecular flexibility index (Phi) is 3.68. The van der Waals surface area contributed by atoms with Crippen molar-refractivity contribution < 1.29 is 9.90 Å². The lowest BCUT2D eigenvalue weighted by Crippen LogP contribution is -2.25. The summed E-state index contributed by atoms with van der Waals surface area (Å²) in [5.41, 5.74) is 0. The van der Waals surface area contributed by atoms with E-state index in [1.54, 1.807) is 6.92 Å². The van der Waals surface area contributed by atoms with Gasteiger partial charge < -0.3 is 10.0 Å². The SMILES string of the molecule is CC(C(=O)O)n1nnnc1CCN1CCCC1. The summed E-state index contributed by atoms with van der Waals surface area (Å²) in [6, 6.07) is -0.710. The van der Waals surface area contributed by atoms with Crippen molar-refractivity contribution in [2.75, 3.05) is 19.6 Å². The standard InChI is InChI=1S/C10H17N5O2/c1-8(10(16)17)15-9(11-12-13-15)4-7-14-5-2-3-6-14/h8H,2-7H2,1H3,(H,16,17). The molecule has 0 radical (unpaired) electrons. The Morgan fingerprint density at radius 1 is 1.47 bits per heavy atom. The molecule has 0 saturated carbocycles. The Hall–Kier alpha value is -1.50. The number of likely N-dealkylation sites (tertiary alicyclic amines) is 1. The van der Waals surface area contributed by atoms with E-state index in [0.717, 1.165) is 19.6 Å². The third-order valence-corrected chi connectivity index (χ3v) is 3.14. The first-order valence-electron chi connectivity index (χ1n) is 5.90. The van der Waals surface area contributed by atoms with Gasteiger partial charge in [-0.1, -0.05) is 0 Å². The smallest absolute Gasteiger partial charge is 0.328 e. The summed E-state index contributed by atoms with van der Waals surface area (Å²) in [6.45, 7) is 4.72. The predicted octanol–water partition coefficient (Wildman–Crippen LogP) is -0.0430. The second-order valence-corrected chi connectivity index (χ2v) is 4.35. The highest BCUT2D eigenvalue weighted by Gasteiger charge is 2.20. The zero-order chi connectivity index (χ0) is 12.3. The molecule has 1 fully saturated rings. The molecule has 7 nitrogen and oxygen atoms in total. The molecule has 1 N–H and O–H groups in total. The van der Waals surface area contributed by atoms with E-state index in [4.69, 9.17) is 5.11 Å². The minimum absolute atomic E-state index is 0.645. The van der Waals surface area contributed by atoms with Crippen LogP contribution >= 0.6 is 0 Å². The lowest BCUT2D eigenvalue weighted by atomic mass is 10.3. The van der Waals surface area contributed by atoms with Gasteiger partial charge >= 0.3 is 5.97 Å². The zero-order valence-corrected chi connectivity index (χ0v) is 9.91. The third-order valence-electron chi connectivity index (χ3n) is 3.14.